The van der Waals surface area contributed by atoms with Crippen molar-refractivity contribution in [3.05, 3.63) is 126 Å². The standard InChI is InChI=1S/C27H23N3O/c1-20-29-25-18-28-17-16-26(25)30(20)24-14-12-21(13-15-24)19-31-27(22-8-4-2-5-9-22)23-10-6-3-7-11-23/h2-18,27H,19H2,1H3. The predicted molar refractivity (Wildman–Crippen MR) is 123 cm³/mol. The largest absolute Gasteiger partial charge is 0.364 e. The quantitative estimate of drug-likeness (QED) is 0.346. The summed E-state index contributed by atoms with van der Waals surface area (Å²) in [5.41, 5.74) is 6.48. The zero-order valence-electron chi connectivity index (χ0n) is 17.3. The fraction of sp³-hybridized carbons (Fsp3) is 0.111. The number of pyridine rings is 1. The number of ether oxygens (including phenoxy) is 1. The highest BCUT2D eigenvalue weighted by atomic mass is 16.5. The van der Waals surface area contributed by atoms with Gasteiger partial charge in [0, 0.05) is 11.9 Å². The molecular formula is C27H23N3O. The third kappa shape index (κ3) is 3.98. The van der Waals surface area contributed by atoms with E-state index in [1.807, 2.05) is 25.1 Å². The zero-order valence-corrected chi connectivity index (χ0v) is 17.3. The average molecular weight is 406 g/mol. The van der Waals surface area contributed by atoms with Gasteiger partial charge in [0.1, 0.15) is 17.4 Å². The minimum atomic E-state index is -0.102. The number of hydrogen-bond donors (Lipinski definition) is 0. The van der Waals surface area contributed by atoms with Gasteiger partial charge in [-0.2, -0.15) is 0 Å². The molecule has 0 aliphatic rings. The van der Waals surface area contributed by atoms with Crippen LogP contribution in [-0.2, 0) is 11.3 Å². The summed E-state index contributed by atoms with van der Waals surface area (Å²) in [7, 11) is 0. The van der Waals surface area contributed by atoms with Crippen molar-refractivity contribution in [3.63, 3.8) is 0 Å². The number of nitrogens with zero attached hydrogens (tertiary/aromatic N) is 3. The van der Waals surface area contributed by atoms with E-state index in [1.54, 1.807) is 12.4 Å². The first kappa shape index (κ1) is 19.2. The number of benzene rings is 3. The first-order valence-corrected chi connectivity index (χ1v) is 10.4. The van der Waals surface area contributed by atoms with Crippen LogP contribution in [0.5, 0.6) is 0 Å². The van der Waals surface area contributed by atoms with Crippen LogP contribution in [0.25, 0.3) is 16.7 Å². The third-order valence-electron chi connectivity index (χ3n) is 5.44. The molecule has 4 heteroatoms. The molecule has 2 aromatic heterocycles. The van der Waals surface area contributed by atoms with Crippen LogP contribution in [0.3, 0.4) is 0 Å². The maximum absolute atomic E-state index is 6.40. The highest BCUT2D eigenvalue weighted by Gasteiger charge is 2.15. The van der Waals surface area contributed by atoms with Gasteiger partial charge in [-0.1, -0.05) is 72.8 Å². The topological polar surface area (TPSA) is 39.9 Å². The van der Waals surface area contributed by atoms with Crippen LogP contribution < -0.4 is 0 Å². The SMILES string of the molecule is Cc1nc2cnccc2n1-c1ccc(COC(c2ccccc2)c2ccccc2)cc1. The van der Waals surface area contributed by atoms with Crippen molar-refractivity contribution in [1.29, 1.82) is 0 Å². The van der Waals surface area contributed by atoms with Gasteiger partial charge < -0.3 is 4.74 Å². The third-order valence-corrected chi connectivity index (χ3v) is 5.44. The van der Waals surface area contributed by atoms with Crippen molar-refractivity contribution in [3.8, 4) is 5.69 Å². The van der Waals surface area contributed by atoms with Gasteiger partial charge in [-0.3, -0.25) is 9.55 Å². The van der Waals surface area contributed by atoms with Crippen molar-refractivity contribution in [2.75, 3.05) is 0 Å². The summed E-state index contributed by atoms with van der Waals surface area (Å²) in [5.74, 6) is 0.945. The van der Waals surface area contributed by atoms with Gasteiger partial charge in [-0.05, 0) is 41.8 Å². The van der Waals surface area contributed by atoms with Crippen molar-refractivity contribution in [1.82, 2.24) is 14.5 Å². The van der Waals surface area contributed by atoms with E-state index < -0.39 is 0 Å². The summed E-state index contributed by atoms with van der Waals surface area (Å²) in [6.07, 6.45) is 3.50. The fourth-order valence-corrected chi connectivity index (χ4v) is 3.94. The lowest BCUT2D eigenvalue weighted by molar-refractivity contribution is 0.0667. The molecule has 0 aliphatic heterocycles. The van der Waals surface area contributed by atoms with Crippen LogP contribution in [0.2, 0.25) is 0 Å². The molecule has 0 saturated heterocycles. The van der Waals surface area contributed by atoms with Crippen LogP contribution in [0.15, 0.2) is 103 Å². The van der Waals surface area contributed by atoms with Gasteiger partial charge in [-0.25, -0.2) is 4.98 Å². The minimum Gasteiger partial charge on any atom is -0.364 e. The Morgan fingerprint density at radius 1 is 0.806 bits per heavy atom. The molecule has 0 unspecified atom stereocenters. The molecule has 152 valence electrons. The molecule has 0 fully saturated rings. The molecule has 2 heterocycles. The normalized spacial score (nSPS) is 11.3. The Kier molecular flexibility index (Phi) is 5.29. The van der Waals surface area contributed by atoms with Gasteiger partial charge in [0.05, 0.1) is 18.3 Å². The summed E-state index contributed by atoms with van der Waals surface area (Å²) in [6, 6.07) is 31.2. The number of hydrogen-bond acceptors (Lipinski definition) is 3. The van der Waals surface area contributed by atoms with Crippen LogP contribution in [0.4, 0.5) is 0 Å². The highest BCUT2D eigenvalue weighted by Crippen LogP contribution is 2.27. The number of fused-ring (bicyclic) bond motifs is 1. The Morgan fingerprint density at radius 2 is 1.45 bits per heavy atom. The molecule has 0 spiro atoms. The van der Waals surface area contributed by atoms with Crippen LogP contribution in [0.1, 0.15) is 28.6 Å². The fourth-order valence-electron chi connectivity index (χ4n) is 3.94. The summed E-state index contributed by atoms with van der Waals surface area (Å²) >= 11 is 0. The van der Waals surface area contributed by atoms with Crippen molar-refractivity contribution in [2.24, 2.45) is 0 Å². The molecule has 4 nitrogen and oxygen atoms in total. The van der Waals surface area contributed by atoms with Crippen LogP contribution >= 0.6 is 0 Å². The molecule has 3 aromatic carbocycles. The summed E-state index contributed by atoms with van der Waals surface area (Å²) in [6.45, 7) is 2.55. The number of imidazole rings is 1. The molecule has 31 heavy (non-hydrogen) atoms. The molecule has 0 aliphatic carbocycles. The molecule has 5 rings (SSSR count). The van der Waals surface area contributed by atoms with Crippen molar-refractivity contribution >= 4 is 11.0 Å². The first-order chi connectivity index (χ1) is 15.3. The van der Waals surface area contributed by atoms with Gasteiger partial charge in [-0.15, -0.1) is 0 Å². The molecule has 0 amide bonds. The molecule has 0 bridgehead atoms. The molecule has 0 saturated carbocycles. The zero-order chi connectivity index (χ0) is 21.0. The van der Waals surface area contributed by atoms with E-state index in [4.69, 9.17) is 4.74 Å². The van der Waals surface area contributed by atoms with Gasteiger partial charge in [0.25, 0.3) is 0 Å². The molecular weight excluding hydrogens is 382 g/mol. The lowest BCUT2D eigenvalue weighted by Gasteiger charge is -2.19. The van der Waals surface area contributed by atoms with Crippen molar-refractivity contribution in [2.45, 2.75) is 19.6 Å². The number of aromatic nitrogens is 3. The summed E-state index contributed by atoms with van der Waals surface area (Å²) in [5, 5.41) is 0. The van der Waals surface area contributed by atoms with Gasteiger partial charge >= 0.3 is 0 Å². The minimum absolute atomic E-state index is 0.102. The number of aryl methyl sites for hydroxylation is 1. The average Bonchev–Trinajstić information content (AvgIpc) is 3.17. The monoisotopic (exact) mass is 405 g/mol. The Bertz CT molecular complexity index is 1240. The summed E-state index contributed by atoms with van der Waals surface area (Å²) in [4.78, 5) is 8.79. The lowest BCUT2D eigenvalue weighted by Crippen LogP contribution is -2.06. The van der Waals surface area contributed by atoms with Crippen molar-refractivity contribution < 1.29 is 4.74 Å². The van der Waals surface area contributed by atoms with E-state index in [2.05, 4.69) is 87.3 Å². The lowest BCUT2D eigenvalue weighted by atomic mass is 10.0. The second-order valence-corrected chi connectivity index (χ2v) is 7.54. The second kappa shape index (κ2) is 8.54. The Morgan fingerprint density at radius 3 is 2.10 bits per heavy atom. The van der Waals surface area contributed by atoms with E-state index >= 15 is 0 Å². The highest BCUT2D eigenvalue weighted by molar-refractivity contribution is 5.77. The van der Waals surface area contributed by atoms with E-state index in [1.165, 1.54) is 0 Å². The van der Waals surface area contributed by atoms with Gasteiger partial charge in [0.2, 0.25) is 0 Å². The van der Waals surface area contributed by atoms with Crippen LogP contribution in [0, 0.1) is 6.92 Å². The van der Waals surface area contributed by atoms with Crippen LogP contribution in [-0.4, -0.2) is 14.5 Å². The Labute approximate surface area is 181 Å². The smallest absolute Gasteiger partial charge is 0.111 e. The van der Waals surface area contributed by atoms with Gasteiger partial charge in [0.15, 0.2) is 0 Å². The van der Waals surface area contributed by atoms with E-state index in [0.29, 0.717) is 6.61 Å². The number of rotatable bonds is 6. The summed E-state index contributed by atoms with van der Waals surface area (Å²) < 4.78 is 8.55. The Hall–Kier alpha value is -3.76. The van der Waals surface area contributed by atoms with E-state index in [0.717, 1.165) is 39.2 Å². The molecule has 0 N–H and O–H groups in total. The maximum Gasteiger partial charge on any atom is 0.111 e. The second-order valence-electron chi connectivity index (χ2n) is 7.54. The first-order valence-electron chi connectivity index (χ1n) is 10.4. The predicted octanol–water partition coefficient (Wildman–Crippen LogP) is 6.04. The molecule has 0 atom stereocenters. The molecule has 5 aromatic rings. The Balaban J connectivity index is 1.38. The van der Waals surface area contributed by atoms with E-state index in [-0.39, 0.29) is 6.10 Å². The van der Waals surface area contributed by atoms with E-state index in [9.17, 15) is 0 Å². The maximum atomic E-state index is 6.40. The molecule has 0 radical (unpaired) electrons.